The van der Waals surface area contributed by atoms with Crippen molar-refractivity contribution in [2.24, 2.45) is 29.2 Å². The first kappa shape index (κ1) is 25.7. The summed E-state index contributed by atoms with van der Waals surface area (Å²) in [5.74, 6) is -2.30. The van der Waals surface area contributed by atoms with Crippen molar-refractivity contribution in [3.8, 4) is 0 Å². The van der Waals surface area contributed by atoms with E-state index in [9.17, 15) is 19.5 Å². The van der Waals surface area contributed by atoms with Gasteiger partial charge in [0.2, 0.25) is 5.91 Å². The first-order valence-electron chi connectivity index (χ1n) is 10.1. The first-order chi connectivity index (χ1) is 12.7. The van der Waals surface area contributed by atoms with Crippen LogP contribution in [0.2, 0.25) is 0 Å². The monoisotopic (exact) mass is 385 g/mol. The lowest BCUT2D eigenvalue weighted by Gasteiger charge is -2.24. The summed E-state index contributed by atoms with van der Waals surface area (Å²) in [6, 6.07) is -0.812. The van der Waals surface area contributed by atoms with E-state index in [4.69, 9.17) is 11.5 Å². The molecule has 158 valence electrons. The van der Waals surface area contributed by atoms with Crippen LogP contribution >= 0.6 is 0 Å². The summed E-state index contributed by atoms with van der Waals surface area (Å²) < 4.78 is 0. The SMILES string of the molecule is CCCCCCC(CN)C(=O)C[C@H](C(=O)N[C@H](CN)C(=O)C(C)C)[C@H](C)O. The van der Waals surface area contributed by atoms with Gasteiger partial charge in [-0.3, -0.25) is 14.4 Å². The quantitative estimate of drug-likeness (QED) is 0.312. The van der Waals surface area contributed by atoms with E-state index >= 15 is 0 Å². The Morgan fingerprint density at radius 3 is 2.07 bits per heavy atom. The second-order valence-corrected chi connectivity index (χ2v) is 7.65. The second-order valence-electron chi connectivity index (χ2n) is 7.65. The van der Waals surface area contributed by atoms with Crippen LogP contribution in [0.3, 0.4) is 0 Å². The molecule has 0 saturated carbocycles. The third-order valence-corrected chi connectivity index (χ3v) is 4.95. The fraction of sp³-hybridized carbons (Fsp3) is 0.850. The lowest BCUT2D eigenvalue weighted by Crippen LogP contribution is -2.51. The van der Waals surface area contributed by atoms with Gasteiger partial charge in [-0.15, -0.1) is 0 Å². The zero-order valence-corrected chi connectivity index (χ0v) is 17.4. The summed E-state index contributed by atoms with van der Waals surface area (Å²) in [7, 11) is 0. The third kappa shape index (κ3) is 9.44. The van der Waals surface area contributed by atoms with E-state index in [1.165, 1.54) is 6.92 Å². The Bertz CT molecular complexity index is 466. The molecule has 0 aromatic carbocycles. The van der Waals surface area contributed by atoms with Crippen molar-refractivity contribution in [2.45, 2.75) is 78.4 Å². The van der Waals surface area contributed by atoms with Crippen LogP contribution in [0.4, 0.5) is 0 Å². The highest BCUT2D eigenvalue weighted by Gasteiger charge is 2.32. The molecule has 0 saturated heterocycles. The maximum Gasteiger partial charge on any atom is 0.226 e. The van der Waals surface area contributed by atoms with Gasteiger partial charge >= 0.3 is 0 Å². The van der Waals surface area contributed by atoms with Crippen LogP contribution in [0.25, 0.3) is 0 Å². The number of carbonyl (C=O) groups is 3. The summed E-state index contributed by atoms with van der Waals surface area (Å²) in [5, 5.41) is 12.6. The molecule has 0 aliphatic heterocycles. The van der Waals surface area contributed by atoms with Gasteiger partial charge in [0.1, 0.15) is 5.78 Å². The molecule has 0 fully saturated rings. The lowest BCUT2D eigenvalue weighted by atomic mass is 9.87. The Kier molecular flexibility index (Phi) is 13.1. The Balaban J connectivity index is 4.92. The fourth-order valence-electron chi connectivity index (χ4n) is 3.02. The Hall–Kier alpha value is -1.31. The number of nitrogens with two attached hydrogens (primary N) is 2. The zero-order chi connectivity index (χ0) is 21.0. The summed E-state index contributed by atoms with van der Waals surface area (Å²) >= 11 is 0. The maximum atomic E-state index is 12.6. The molecule has 7 heteroatoms. The maximum absolute atomic E-state index is 12.6. The number of unbranched alkanes of at least 4 members (excludes halogenated alkanes) is 3. The van der Waals surface area contributed by atoms with Gasteiger partial charge in [0, 0.05) is 31.3 Å². The number of carbonyl (C=O) groups excluding carboxylic acids is 3. The minimum absolute atomic E-state index is 0.0217. The van der Waals surface area contributed by atoms with Gasteiger partial charge in [-0.1, -0.05) is 46.5 Å². The fourth-order valence-corrected chi connectivity index (χ4v) is 3.02. The summed E-state index contributed by atoms with van der Waals surface area (Å²) in [6.07, 6.45) is 3.80. The highest BCUT2D eigenvalue weighted by Crippen LogP contribution is 2.18. The highest BCUT2D eigenvalue weighted by atomic mass is 16.3. The molecule has 6 N–H and O–H groups in total. The van der Waals surface area contributed by atoms with Crippen LogP contribution in [0.5, 0.6) is 0 Å². The average molecular weight is 386 g/mol. The molecule has 1 unspecified atom stereocenters. The summed E-state index contributed by atoms with van der Waals surface area (Å²) in [4.78, 5) is 37.3. The van der Waals surface area contributed by atoms with Gasteiger partial charge in [0.15, 0.2) is 5.78 Å². The minimum atomic E-state index is -1.01. The first-order valence-corrected chi connectivity index (χ1v) is 10.1. The van der Waals surface area contributed by atoms with E-state index in [0.29, 0.717) is 6.42 Å². The molecular weight excluding hydrogens is 346 g/mol. The molecule has 4 atom stereocenters. The van der Waals surface area contributed by atoms with Gasteiger partial charge in [-0.2, -0.15) is 0 Å². The van der Waals surface area contributed by atoms with Crippen LogP contribution < -0.4 is 16.8 Å². The molecule has 0 bridgehead atoms. The molecule has 0 aromatic rings. The summed E-state index contributed by atoms with van der Waals surface area (Å²) in [6.45, 7) is 7.27. The molecule has 1 amide bonds. The smallest absolute Gasteiger partial charge is 0.226 e. The normalized spacial score (nSPS) is 15.9. The number of hydrogen-bond donors (Lipinski definition) is 4. The zero-order valence-electron chi connectivity index (χ0n) is 17.4. The van der Waals surface area contributed by atoms with Gasteiger partial charge in [-0.05, 0) is 13.3 Å². The average Bonchev–Trinajstić information content (AvgIpc) is 2.62. The van der Waals surface area contributed by atoms with Crippen LogP contribution in [0, 0.1) is 17.8 Å². The third-order valence-electron chi connectivity index (χ3n) is 4.95. The van der Waals surface area contributed by atoms with Gasteiger partial charge in [0.25, 0.3) is 0 Å². The van der Waals surface area contributed by atoms with E-state index in [1.54, 1.807) is 13.8 Å². The van der Waals surface area contributed by atoms with Crippen molar-refractivity contribution >= 4 is 17.5 Å². The van der Waals surface area contributed by atoms with Crippen LogP contribution in [-0.2, 0) is 14.4 Å². The molecule has 0 rings (SSSR count). The van der Waals surface area contributed by atoms with E-state index < -0.39 is 24.0 Å². The largest absolute Gasteiger partial charge is 0.393 e. The van der Waals surface area contributed by atoms with Crippen molar-refractivity contribution in [1.29, 1.82) is 0 Å². The van der Waals surface area contributed by atoms with Crippen LogP contribution in [0.15, 0.2) is 0 Å². The molecule has 0 radical (unpaired) electrons. The van der Waals surface area contributed by atoms with E-state index in [2.05, 4.69) is 12.2 Å². The number of rotatable bonds is 15. The number of nitrogens with one attached hydrogen (secondary N) is 1. The van der Waals surface area contributed by atoms with Crippen molar-refractivity contribution in [2.75, 3.05) is 13.1 Å². The van der Waals surface area contributed by atoms with E-state index in [-0.39, 0.29) is 42.9 Å². The molecule has 0 aliphatic carbocycles. The molecule has 0 aromatic heterocycles. The number of amides is 1. The number of hydrogen-bond acceptors (Lipinski definition) is 6. The second kappa shape index (κ2) is 13.8. The molecule has 0 heterocycles. The van der Waals surface area contributed by atoms with E-state index in [1.807, 2.05) is 0 Å². The number of aliphatic hydroxyl groups is 1. The Morgan fingerprint density at radius 2 is 1.63 bits per heavy atom. The van der Waals surface area contributed by atoms with Crippen LogP contribution in [-0.4, -0.2) is 47.8 Å². The topological polar surface area (TPSA) is 136 Å². The van der Waals surface area contributed by atoms with Crippen molar-refractivity contribution in [3.63, 3.8) is 0 Å². The molecular formula is C20H39N3O4. The molecule has 0 aliphatic rings. The van der Waals surface area contributed by atoms with E-state index in [0.717, 1.165) is 25.7 Å². The van der Waals surface area contributed by atoms with Gasteiger partial charge in [0.05, 0.1) is 18.1 Å². The van der Waals surface area contributed by atoms with Gasteiger partial charge < -0.3 is 21.9 Å². The standard InChI is InChI=1S/C20H39N3O4/c1-5-6-7-8-9-15(11-21)18(25)10-16(14(4)24)20(27)23-17(12-22)19(26)13(2)3/h13-17,24H,5-12,21-22H2,1-4H3,(H,23,27)/t14-,15?,16-,17+/m0/s1. The predicted octanol–water partition coefficient (Wildman–Crippen LogP) is 1.16. The Labute approximate surface area is 163 Å². The lowest BCUT2D eigenvalue weighted by molar-refractivity contribution is -0.136. The number of ketones is 2. The van der Waals surface area contributed by atoms with Gasteiger partial charge in [-0.25, -0.2) is 0 Å². The molecule has 0 spiro atoms. The molecule has 7 nitrogen and oxygen atoms in total. The highest BCUT2D eigenvalue weighted by molar-refractivity contribution is 5.93. The van der Waals surface area contributed by atoms with Crippen molar-refractivity contribution in [3.05, 3.63) is 0 Å². The van der Waals surface area contributed by atoms with Crippen molar-refractivity contribution < 1.29 is 19.5 Å². The molecule has 27 heavy (non-hydrogen) atoms. The summed E-state index contributed by atoms with van der Waals surface area (Å²) in [5.41, 5.74) is 11.4. The number of Topliss-reactive ketones (excluding diaryl/α,β-unsaturated/α-hetero) is 2. The van der Waals surface area contributed by atoms with Crippen molar-refractivity contribution in [1.82, 2.24) is 5.32 Å². The Morgan fingerprint density at radius 1 is 1.00 bits per heavy atom. The number of aliphatic hydroxyl groups excluding tert-OH is 1. The minimum Gasteiger partial charge on any atom is -0.393 e. The van der Waals surface area contributed by atoms with Crippen LogP contribution in [0.1, 0.15) is 66.2 Å². The predicted molar refractivity (Wildman–Crippen MR) is 107 cm³/mol.